The van der Waals surface area contributed by atoms with E-state index in [0.717, 1.165) is 12.0 Å². The Morgan fingerprint density at radius 1 is 1.43 bits per heavy atom. The Morgan fingerprint density at radius 3 is 2.71 bits per heavy atom. The molecule has 0 aromatic carbocycles. The topological polar surface area (TPSA) is 26.0 Å². The van der Waals surface area contributed by atoms with E-state index in [0.29, 0.717) is 19.4 Å². The third kappa shape index (κ3) is 3.33. The van der Waals surface area contributed by atoms with Crippen molar-refractivity contribution in [1.29, 1.82) is 0 Å². The molecular formula is C10H16F3N. The Bertz CT molecular complexity index is 208. The van der Waals surface area contributed by atoms with Crippen LogP contribution in [-0.4, -0.2) is 12.7 Å². The second-order valence-corrected chi connectivity index (χ2v) is 3.77. The molecule has 1 aliphatic rings. The molecule has 0 aliphatic heterocycles. The van der Waals surface area contributed by atoms with Crippen LogP contribution in [0.4, 0.5) is 13.2 Å². The van der Waals surface area contributed by atoms with Crippen LogP contribution in [0.2, 0.25) is 0 Å². The predicted octanol–water partition coefficient (Wildman–Crippen LogP) is 3.01. The monoisotopic (exact) mass is 207 g/mol. The van der Waals surface area contributed by atoms with Crippen LogP contribution in [0.3, 0.4) is 0 Å². The molecule has 0 bridgehead atoms. The summed E-state index contributed by atoms with van der Waals surface area (Å²) in [7, 11) is 0. The van der Waals surface area contributed by atoms with Crippen molar-refractivity contribution in [3.05, 3.63) is 11.6 Å². The van der Waals surface area contributed by atoms with Gasteiger partial charge in [-0.05, 0) is 38.6 Å². The summed E-state index contributed by atoms with van der Waals surface area (Å²) in [6.07, 6.45) is 0.472. The van der Waals surface area contributed by atoms with Gasteiger partial charge in [-0.25, -0.2) is 0 Å². The van der Waals surface area contributed by atoms with Gasteiger partial charge in [0.1, 0.15) is 0 Å². The highest BCUT2D eigenvalue weighted by Gasteiger charge is 2.40. The highest BCUT2D eigenvalue weighted by atomic mass is 19.4. The SMILES string of the molecule is NCCC=C1CCCC(C(F)(F)F)C1. The molecule has 1 fully saturated rings. The molecule has 4 heteroatoms. The van der Waals surface area contributed by atoms with Crippen molar-refractivity contribution in [2.75, 3.05) is 6.54 Å². The van der Waals surface area contributed by atoms with Crippen LogP contribution in [0.1, 0.15) is 32.1 Å². The molecule has 0 aromatic heterocycles. The minimum Gasteiger partial charge on any atom is -0.330 e. The van der Waals surface area contributed by atoms with Crippen molar-refractivity contribution in [3.8, 4) is 0 Å². The first-order valence-corrected chi connectivity index (χ1v) is 4.98. The van der Waals surface area contributed by atoms with E-state index in [9.17, 15) is 13.2 Å². The molecule has 2 N–H and O–H groups in total. The summed E-state index contributed by atoms with van der Waals surface area (Å²) in [5, 5.41) is 0. The van der Waals surface area contributed by atoms with Crippen LogP contribution < -0.4 is 5.73 Å². The third-order valence-corrected chi connectivity index (χ3v) is 2.62. The fourth-order valence-electron chi connectivity index (χ4n) is 1.85. The second kappa shape index (κ2) is 4.82. The summed E-state index contributed by atoms with van der Waals surface area (Å²) in [5.74, 6) is -1.12. The molecule has 1 rings (SSSR count). The van der Waals surface area contributed by atoms with Crippen LogP contribution >= 0.6 is 0 Å². The zero-order chi connectivity index (χ0) is 10.6. The minimum absolute atomic E-state index is 0.184. The van der Waals surface area contributed by atoms with Gasteiger partial charge in [0.05, 0.1) is 5.92 Å². The molecule has 14 heavy (non-hydrogen) atoms. The van der Waals surface area contributed by atoms with Crippen molar-refractivity contribution >= 4 is 0 Å². The van der Waals surface area contributed by atoms with Crippen molar-refractivity contribution in [3.63, 3.8) is 0 Å². The zero-order valence-electron chi connectivity index (χ0n) is 8.11. The summed E-state index contributed by atoms with van der Waals surface area (Å²) in [6, 6.07) is 0. The number of hydrogen-bond acceptors (Lipinski definition) is 1. The summed E-state index contributed by atoms with van der Waals surface area (Å²) in [4.78, 5) is 0. The fraction of sp³-hybridized carbons (Fsp3) is 0.800. The Balaban J connectivity index is 2.52. The molecule has 0 saturated heterocycles. The number of nitrogens with two attached hydrogens (primary N) is 1. The number of halogens is 3. The molecule has 0 aromatic rings. The van der Waals surface area contributed by atoms with Crippen molar-refractivity contribution < 1.29 is 13.2 Å². The van der Waals surface area contributed by atoms with Gasteiger partial charge < -0.3 is 5.73 Å². The Labute approximate surface area is 82.2 Å². The van der Waals surface area contributed by atoms with Crippen LogP contribution in [-0.2, 0) is 0 Å². The lowest BCUT2D eigenvalue weighted by atomic mass is 9.84. The molecule has 1 atom stereocenters. The van der Waals surface area contributed by atoms with E-state index < -0.39 is 12.1 Å². The van der Waals surface area contributed by atoms with Gasteiger partial charge in [-0.1, -0.05) is 11.6 Å². The van der Waals surface area contributed by atoms with Gasteiger partial charge in [0, 0.05) is 0 Å². The third-order valence-electron chi connectivity index (χ3n) is 2.62. The average Bonchev–Trinajstić information content (AvgIpc) is 2.14. The molecule has 1 unspecified atom stereocenters. The van der Waals surface area contributed by atoms with Crippen molar-refractivity contribution in [2.24, 2.45) is 11.7 Å². The van der Waals surface area contributed by atoms with Crippen LogP contribution in [0.25, 0.3) is 0 Å². The first-order valence-electron chi connectivity index (χ1n) is 4.98. The quantitative estimate of drug-likeness (QED) is 0.692. The molecule has 1 saturated carbocycles. The predicted molar refractivity (Wildman–Crippen MR) is 49.8 cm³/mol. The fourth-order valence-corrected chi connectivity index (χ4v) is 1.85. The Kier molecular flexibility index (Phi) is 3.98. The molecule has 0 spiro atoms. The first-order chi connectivity index (χ1) is 6.54. The standard InChI is InChI=1S/C10H16F3N/c11-10(12,13)9-5-1-3-8(7-9)4-2-6-14/h4,9H,1-3,5-7,14H2. The number of allylic oxidation sites excluding steroid dienone is 1. The zero-order valence-corrected chi connectivity index (χ0v) is 8.11. The van der Waals surface area contributed by atoms with Crippen molar-refractivity contribution in [1.82, 2.24) is 0 Å². The van der Waals surface area contributed by atoms with Crippen LogP contribution in [0, 0.1) is 5.92 Å². The van der Waals surface area contributed by atoms with E-state index in [-0.39, 0.29) is 12.8 Å². The average molecular weight is 207 g/mol. The largest absolute Gasteiger partial charge is 0.392 e. The van der Waals surface area contributed by atoms with E-state index in [4.69, 9.17) is 5.73 Å². The molecule has 1 aliphatic carbocycles. The van der Waals surface area contributed by atoms with Gasteiger partial charge in [0.25, 0.3) is 0 Å². The first kappa shape index (κ1) is 11.6. The highest BCUT2D eigenvalue weighted by molar-refractivity contribution is 5.06. The summed E-state index contributed by atoms with van der Waals surface area (Å²) in [5.41, 5.74) is 6.23. The normalized spacial score (nSPS) is 26.9. The summed E-state index contributed by atoms with van der Waals surface area (Å²) in [6.45, 7) is 0.514. The lowest BCUT2D eigenvalue weighted by Gasteiger charge is -2.26. The number of alkyl halides is 3. The molecule has 1 nitrogen and oxygen atoms in total. The van der Waals surface area contributed by atoms with Gasteiger partial charge >= 0.3 is 6.18 Å². The lowest BCUT2D eigenvalue weighted by Crippen LogP contribution is -2.25. The van der Waals surface area contributed by atoms with E-state index in [2.05, 4.69) is 0 Å². The van der Waals surface area contributed by atoms with Gasteiger partial charge in [-0.2, -0.15) is 13.2 Å². The maximum Gasteiger partial charge on any atom is 0.392 e. The summed E-state index contributed by atoms with van der Waals surface area (Å²) < 4.78 is 37.2. The van der Waals surface area contributed by atoms with Gasteiger partial charge in [0.2, 0.25) is 0 Å². The van der Waals surface area contributed by atoms with Gasteiger partial charge in [-0.3, -0.25) is 0 Å². The molecule has 0 heterocycles. The van der Waals surface area contributed by atoms with Crippen LogP contribution in [0.5, 0.6) is 0 Å². The van der Waals surface area contributed by atoms with E-state index in [1.165, 1.54) is 0 Å². The van der Waals surface area contributed by atoms with E-state index in [1.54, 1.807) is 0 Å². The second-order valence-electron chi connectivity index (χ2n) is 3.77. The maximum atomic E-state index is 12.4. The Morgan fingerprint density at radius 2 is 2.14 bits per heavy atom. The summed E-state index contributed by atoms with van der Waals surface area (Å²) >= 11 is 0. The minimum atomic E-state index is -4.03. The smallest absolute Gasteiger partial charge is 0.330 e. The lowest BCUT2D eigenvalue weighted by molar-refractivity contribution is -0.178. The van der Waals surface area contributed by atoms with Crippen molar-refractivity contribution in [2.45, 2.75) is 38.3 Å². The van der Waals surface area contributed by atoms with Gasteiger partial charge in [-0.15, -0.1) is 0 Å². The number of hydrogen-bond donors (Lipinski definition) is 1. The highest BCUT2D eigenvalue weighted by Crippen LogP contribution is 2.39. The van der Waals surface area contributed by atoms with E-state index in [1.807, 2.05) is 6.08 Å². The molecule has 0 radical (unpaired) electrons. The Hall–Kier alpha value is -0.510. The molecular weight excluding hydrogens is 191 g/mol. The molecule has 0 amide bonds. The molecule has 82 valence electrons. The number of rotatable bonds is 2. The maximum absolute atomic E-state index is 12.4. The van der Waals surface area contributed by atoms with Gasteiger partial charge in [0.15, 0.2) is 0 Å². The van der Waals surface area contributed by atoms with E-state index >= 15 is 0 Å². The van der Waals surface area contributed by atoms with Crippen LogP contribution in [0.15, 0.2) is 11.6 Å².